The van der Waals surface area contributed by atoms with Gasteiger partial charge in [0.25, 0.3) is 0 Å². The van der Waals surface area contributed by atoms with E-state index in [0.717, 1.165) is 19.4 Å². The number of aliphatic hydroxyl groups is 1. The monoisotopic (exact) mass is 235 g/mol. The van der Waals surface area contributed by atoms with Crippen LogP contribution in [-0.2, 0) is 6.42 Å². The van der Waals surface area contributed by atoms with Gasteiger partial charge in [-0.25, -0.2) is 0 Å². The number of aryl methyl sites for hydroxylation is 1. The SMILES string of the molecule is Cc1ccc(CC(NCCCO)C(C)C)cc1. The average Bonchev–Trinajstić information content (AvgIpc) is 2.30. The molecule has 0 aliphatic heterocycles. The molecule has 0 saturated heterocycles. The van der Waals surface area contributed by atoms with Crippen LogP contribution in [0.3, 0.4) is 0 Å². The molecule has 0 spiro atoms. The summed E-state index contributed by atoms with van der Waals surface area (Å²) >= 11 is 0. The zero-order chi connectivity index (χ0) is 12.7. The van der Waals surface area contributed by atoms with Crippen molar-refractivity contribution in [1.82, 2.24) is 5.32 Å². The molecular formula is C15H25NO. The first kappa shape index (κ1) is 14.2. The molecule has 1 aromatic carbocycles. The van der Waals surface area contributed by atoms with Crippen LogP contribution >= 0.6 is 0 Å². The topological polar surface area (TPSA) is 32.3 Å². The molecule has 17 heavy (non-hydrogen) atoms. The maximum Gasteiger partial charge on any atom is 0.0443 e. The van der Waals surface area contributed by atoms with Crippen molar-refractivity contribution in [3.8, 4) is 0 Å². The van der Waals surface area contributed by atoms with E-state index >= 15 is 0 Å². The molecule has 2 nitrogen and oxygen atoms in total. The van der Waals surface area contributed by atoms with Gasteiger partial charge in [-0.15, -0.1) is 0 Å². The van der Waals surface area contributed by atoms with Crippen LogP contribution in [0.15, 0.2) is 24.3 Å². The highest BCUT2D eigenvalue weighted by Crippen LogP contribution is 2.11. The molecule has 0 aromatic heterocycles. The minimum atomic E-state index is 0.266. The normalized spacial score (nSPS) is 13.0. The van der Waals surface area contributed by atoms with Crippen LogP contribution in [0.1, 0.15) is 31.4 Å². The highest BCUT2D eigenvalue weighted by Gasteiger charge is 2.12. The maximum atomic E-state index is 8.80. The Morgan fingerprint density at radius 3 is 2.35 bits per heavy atom. The third-order valence-corrected chi connectivity index (χ3v) is 3.12. The molecule has 1 rings (SSSR count). The lowest BCUT2D eigenvalue weighted by molar-refractivity contribution is 0.278. The molecule has 1 aromatic rings. The Balaban J connectivity index is 2.51. The van der Waals surface area contributed by atoms with E-state index in [4.69, 9.17) is 5.11 Å². The first-order chi connectivity index (χ1) is 8.13. The molecule has 0 radical (unpaired) electrons. The van der Waals surface area contributed by atoms with Gasteiger partial charge < -0.3 is 10.4 Å². The lowest BCUT2D eigenvalue weighted by Gasteiger charge is -2.22. The molecule has 1 unspecified atom stereocenters. The van der Waals surface area contributed by atoms with Crippen molar-refractivity contribution in [1.29, 1.82) is 0 Å². The quantitative estimate of drug-likeness (QED) is 0.712. The van der Waals surface area contributed by atoms with Crippen molar-refractivity contribution < 1.29 is 5.11 Å². The second-order valence-electron chi connectivity index (χ2n) is 5.07. The highest BCUT2D eigenvalue weighted by molar-refractivity contribution is 5.22. The van der Waals surface area contributed by atoms with E-state index in [1.807, 2.05) is 0 Å². The Morgan fingerprint density at radius 2 is 1.82 bits per heavy atom. The lowest BCUT2D eigenvalue weighted by atomic mass is 9.96. The van der Waals surface area contributed by atoms with Gasteiger partial charge in [0.05, 0.1) is 0 Å². The third-order valence-electron chi connectivity index (χ3n) is 3.12. The van der Waals surface area contributed by atoms with Gasteiger partial charge in [0.1, 0.15) is 0 Å². The summed E-state index contributed by atoms with van der Waals surface area (Å²) in [5.41, 5.74) is 2.69. The molecule has 96 valence electrons. The zero-order valence-corrected chi connectivity index (χ0v) is 11.2. The largest absolute Gasteiger partial charge is 0.396 e. The predicted molar refractivity (Wildman–Crippen MR) is 73.2 cm³/mol. The first-order valence-corrected chi connectivity index (χ1v) is 6.53. The van der Waals surface area contributed by atoms with Crippen molar-refractivity contribution in [2.45, 2.75) is 39.7 Å². The predicted octanol–water partition coefficient (Wildman–Crippen LogP) is 2.53. The fourth-order valence-corrected chi connectivity index (χ4v) is 1.89. The summed E-state index contributed by atoms with van der Waals surface area (Å²) in [6.45, 7) is 7.76. The van der Waals surface area contributed by atoms with Gasteiger partial charge in [0, 0.05) is 12.6 Å². The van der Waals surface area contributed by atoms with Crippen LogP contribution in [0, 0.1) is 12.8 Å². The summed E-state index contributed by atoms with van der Waals surface area (Å²) in [5.74, 6) is 0.606. The van der Waals surface area contributed by atoms with Crippen LogP contribution in [-0.4, -0.2) is 24.3 Å². The van der Waals surface area contributed by atoms with Gasteiger partial charge in [-0.1, -0.05) is 43.7 Å². The number of aliphatic hydroxyl groups excluding tert-OH is 1. The van der Waals surface area contributed by atoms with Gasteiger partial charge >= 0.3 is 0 Å². The van der Waals surface area contributed by atoms with Gasteiger partial charge in [-0.3, -0.25) is 0 Å². The van der Waals surface area contributed by atoms with E-state index in [0.29, 0.717) is 12.0 Å². The van der Waals surface area contributed by atoms with Crippen molar-refractivity contribution in [2.75, 3.05) is 13.2 Å². The molecular weight excluding hydrogens is 210 g/mol. The molecule has 0 saturated carbocycles. The van der Waals surface area contributed by atoms with Gasteiger partial charge in [0.15, 0.2) is 0 Å². The summed E-state index contributed by atoms with van der Waals surface area (Å²) in [7, 11) is 0. The Labute approximate surface area is 105 Å². The summed E-state index contributed by atoms with van der Waals surface area (Å²) in [5, 5.41) is 12.3. The summed E-state index contributed by atoms with van der Waals surface area (Å²) in [6.07, 6.45) is 1.89. The van der Waals surface area contributed by atoms with Crippen LogP contribution in [0.4, 0.5) is 0 Å². The highest BCUT2D eigenvalue weighted by atomic mass is 16.3. The summed E-state index contributed by atoms with van der Waals surface area (Å²) in [6, 6.07) is 9.24. The van der Waals surface area contributed by atoms with E-state index in [2.05, 4.69) is 50.4 Å². The Kier molecular flexibility index (Phi) is 6.23. The minimum Gasteiger partial charge on any atom is -0.396 e. The number of rotatable bonds is 7. The molecule has 0 aliphatic rings. The molecule has 1 atom stereocenters. The van der Waals surface area contributed by atoms with Gasteiger partial charge in [-0.05, 0) is 37.8 Å². The first-order valence-electron chi connectivity index (χ1n) is 6.53. The van der Waals surface area contributed by atoms with Crippen molar-refractivity contribution in [3.05, 3.63) is 35.4 Å². The molecule has 0 heterocycles. The maximum absolute atomic E-state index is 8.80. The van der Waals surface area contributed by atoms with Crippen LogP contribution < -0.4 is 5.32 Å². The van der Waals surface area contributed by atoms with Crippen LogP contribution in [0.5, 0.6) is 0 Å². The Bertz CT molecular complexity index is 305. The molecule has 0 amide bonds. The second kappa shape index (κ2) is 7.46. The average molecular weight is 235 g/mol. The third kappa shape index (κ3) is 5.33. The van der Waals surface area contributed by atoms with Crippen LogP contribution in [0.25, 0.3) is 0 Å². The van der Waals surface area contributed by atoms with Crippen molar-refractivity contribution in [3.63, 3.8) is 0 Å². The van der Waals surface area contributed by atoms with E-state index in [9.17, 15) is 0 Å². The minimum absolute atomic E-state index is 0.266. The number of nitrogens with one attached hydrogen (secondary N) is 1. The molecule has 2 heteroatoms. The van der Waals surface area contributed by atoms with Crippen molar-refractivity contribution in [2.24, 2.45) is 5.92 Å². The van der Waals surface area contributed by atoms with Gasteiger partial charge in [-0.2, -0.15) is 0 Å². The fourth-order valence-electron chi connectivity index (χ4n) is 1.89. The lowest BCUT2D eigenvalue weighted by Crippen LogP contribution is -2.36. The smallest absolute Gasteiger partial charge is 0.0443 e. The van der Waals surface area contributed by atoms with E-state index in [1.54, 1.807) is 0 Å². The molecule has 0 fully saturated rings. The molecule has 0 bridgehead atoms. The summed E-state index contributed by atoms with van der Waals surface area (Å²) in [4.78, 5) is 0. The van der Waals surface area contributed by atoms with Crippen LogP contribution in [0.2, 0.25) is 0 Å². The fraction of sp³-hybridized carbons (Fsp3) is 0.600. The van der Waals surface area contributed by atoms with E-state index < -0.39 is 0 Å². The molecule has 0 aliphatic carbocycles. The second-order valence-corrected chi connectivity index (χ2v) is 5.07. The molecule has 2 N–H and O–H groups in total. The van der Waals surface area contributed by atoms with E-state index in [1.165, 1.54) is 11.1 Å². The standard InChI is InChI=1S/C15H25NO/c1-12(2)15(16-9-4-10-17)11-14-7-5-13(3)6-8-14/h5-8,12,15-17H,4,9-11H2,1-3H3. The van der Waals surface area contributed by atoms with Crippen molar-refractivity contribution >= 4 is 0 Å². The number of benzene rings is 1. The van der Waals surface area contributed by atoms with Gasteiger partial charge in [0.2, 0.25) is 0 Å². The zero-order valence-electron chi connectivity index (χ0n) is 11.2. The number of hydrogen-bond donors (Lipinski definition) is 2. The Morgan fingerprint density at radius 1 is 1.18 bits per heavy atom. The summed E-state index contributed by atoms with van der Waals surface area (Å²) < 4.78 is 0. The number of hydrogen-bond acceptors (Lipinski definition) is 2. The van der Waals surface area contributed by atoms with E-state index in [-0.39, 0.29) is 6.61 Å². The Hall–Kier alpha value is -0.860.